The Morgan fingerprint density at radius 1 is 1.27 bits per heavy atom. The molecule has 1 aliphatic heterocycles. The van der Waals surface area contributed by atoms with Crippen LogP contribution in [0.4, 0.5) is 0 Å². The van der Waals surface area contributed by atoms with Crippen LogP contribution < -0.4 is 4.72 Å². The lowest BCUT2D eigenvalue weighted by Gasteiger charge is -2.20. The van der Waals surface area contributed by atoms with Crippen LogP contribution in [0.15, 0.2) is 41.6 Å². The topological polar surface area (TPSA) is 32.3 Å². The molecule has 1 saturated heterocycles. The summed E-state index contributed by atoms with van der Waals surface area (Å²) in [5.74, 6) is 0.656. The van der Waals surface area contributed by atoms with E-state index in [1.54, 1.807) is 0 Å². The summed E-state index contributed by atoms with van der Waals surface area (Å²) in [7, 11) is -1.01. The highest BCUT2D eigenvalue weighted by Crippen LogP contribution is 2.37. The van der Waals surface area contributed by atoms with Crippen molar-refractivity contribution in [1.82, 2.24) is 9.62 Å². The van der Waals surface area contributed by atoms with Gasteiger partial charge in [-0.15, -0.1) is 0 Å². The lowest BCUT2D eigenvalue weighted by molar-refractivity contribution is 0.313. The van der Waals surface area contributed by atoms with Gasteiger partial charge in [0.2, 0.25) is 0 Å². The van der Waals surface area contributed by atoms with E-state index in [-0.39, 0.29) is 4.75 Å². The maximum atomic E-state index is 12.3. The second-order valence-corrected chi connectivity index (χ2v) is 9.34. The Morgan fingerprint density at radius 3 is 2.68 bits per heavy atom. The number of nitrogens with zero attached hydrogens (tertiary/aromatic N) is 1. The van der Waals surface area contributed by atoms with Crippen LogP contribution in [0.2, 0.25) is 0 Å². The lowest BCUT2D eigenvalue weighted by atomic mass is 10.1. The molecule has 2 aliphatic rings. The highest BCUT2D eigenvalue weighted by Gasteiger charge is 2.35. The van der Waals surface area contributed by atoms with Gasteiger partial charge >= 0.3 is 0 Å². The molecular weight excluding hydrogens is 292 g/mol. The average molecular weight is 318 g/mol. The maximum absolute atomic E-state index is 12.3. The molecule has 3 rings (SSSR count). The van der Waals surface area contributed by atoms with E-state index in [0.717, 1.165) is 26.1 Å². The quantitative estimate of drug-likeness (QED) is 0.924. The fraction of sp³-hybridized carbons (Fsp3) is 0.556. The highest BCUT2D eigenvalue weighted by molar-refractivity contribution is 7.84. The van der Waals surface area contributed by atoms with Crippen LogP contribution in [0.1, 0.15) is 39.2 Å². The largest absolute Gasteiger partial charge is 0.309 e. The number of fused-ring (bicyclic) bond motifs is 1. The molecule has 2 atom stereocenters. The first-order chi connectivity index (χ1) is 10.4. The van der Waals surface area contributed by atoms with E-state index in [0.29, 0.717) is 5.92 Å². The van der Waals surface area contributed by atoms with Crippen molar-refractivity contribution < 1.29 is 4.21 Å². The Labute approximate surface area is 136 Å². The SMILES string of the molecule is CC(C)(C)[S@](=O)NC1=C2CN(Cc3ccccc3)C[C@@H]2CC1. The van der Waals surface area contributed by atoms with E-state index >= 15 is 0 Å². The summed E-state index contributed by atoms with van der Waals surface area (Å²) in [4.78, 5) is 2.51. The van der Waals surface area contributed by atoms with Crippen LogP contribution in [-0.4, -0.2) is 26.9 Å². The molecular formula is C18H26N2OS. The minimum atomic E-state index is -1.01. The fourth-order valence-electron chi connectivity index (χ4n) is 3.29. The minimum absolute atomic E-state index is 0.214. The van der Waals surface area contributed by atoms with Gasteiger partial charge in [0.15, 0.2) is 0 Å². The molecule has 0 radical (unpaired) electrons. The molecule has 1 N–H and O–H groups in total. The van der Waals surface area contributed by atoms with Crippen molar-refractivity contribution in [2.24, 2.45) is 5.92 Å². The molecule has 120 valence electrons. The lowest BCUT2D eigenvalue weighted by Crippen LogP contribution is -2.33. The molecule has 1 aromatic rings. The highest BCUT2D eigenvalue weighted by atomic mass is 32.2. The van der Waals surface area contributed by atoms with Crippen LogP contribution in [0.5, 0.6) is 0 Å². The first-order valence-electron chi connectivity index (χ1n) is 8.10. The molecule has 4 heteroatoms. The van der Waals surface area contributed by atoms with Crippen molar-refractivity contribution in [3.05, 3.63) is 47.2 Å². The number of likely N-dealkylation sites (tertiary alicyclic amines) is 1. The second kappa shape index (κ2) is 6.17. The number of hydrogen-bond acceptors (Lipinski definition) is 2. The third-order valence-electron chi connectivity index (χ3n) is 4.52. The third kappa shape index (κ3) is 3.44. The molecule has 1 aliphatic carbocycles. The molecule has 0 bridgehead atoms. The monoisotopic (exact) mass is 318 g/mol. The number of rotatable bonds is 4. The fourth-order valence-corrected chi connectivity index (χ4v) is 4.05. The Balaban J connectivity index is 1.67. The molecule has 1 heterocycles. The van der Waals surface area contributed by atoms with Crippen molar-refractivity contribution in [3.8, 4) is 0 Å². The van der Waals surface area contributed by atoms with E-state index in [4.69, 9.17) is 0 Å². The molecule has 0 unspecified atom stereocenters. The van der Waals surface area contributed by atoms with Gasteiger partial charge in [0.1, 0.15) is 11.0 Å². The summed E-state index contributed by atoms with van der Waals surface area (Å²) in [6, 6.07) is 10.6. The van der Waals surface area contributed by atoms with Gasteiger partial charge in [0.05, 0.1) is 4.75 Å². The molecule has 3 nitrogen and oxygen atoms in total. The summed E-state index contributed by atoms with van der Waals surface area (Å²) in [5.41, 5.74) is 4.11. The minimum Gasteiger partial charge on any atom is -0.309 e. The molecule has 22 heavy (non-hydrogen) atoms. The predicted molar refractivity (Wildman–Crippen MR) is 92.5 cm³/mol. The third-order valence-corrected chi connectivity index (χ3v) is 6.06. The Kier molecular flexibility index (Phi) is 4.42. The van der Waals surface area contributed by atoms with Crippen LogP contribution in [0.3, 0.4) is 0 Å². The van der Waals surface area contributed by atoms with Gasteiger partial charge in [0.25, 0.3) is 0 Å². The zero-order chi connectivity index (χ0) is 15.7. The van der Waals surface area contributed by atoms with Gasteiger partial charge in [-0.05, 0) is 50.7 Å². The summed E-state index contributed by atoms with van der Waals surface area (Å²) in [6.45, 7) is 9.22. The normalized spacial score (nSPS) is 23.7. The summed E-state index contributed by atoms with van der Waals surface area (Å²) in [6.07, 6.45) is 2.26. The van der Waals surface area contributed by atoms with Crippen molar-refractivity contribution in [1.29, 1.82) is 0 Å². The molecule has 0 saturated carbocycles. The predicted octanol–water partition coefficient (Wildman–Crippen LogP) is 3.22. The molecule has 0 amide bonds. The van der Waals surface area contributed by atoms with Gasteiger partial charge in [-0.1, -0.05) is 30.3 Å². The second-order valence-electron chi connectivity index (χ2n) is 7.38. The van der Waals surface area contributed by atoms with Crippen molar-refractivity contribution in [3.63, 3.8) is 0 Å². The van der Waals surface area contributed by atoms with E-state index in [1.165, 1.54) is 23.3 Å². The number of benzene rings is 1. The van der Waals surface area contributed by atoms with Gasteiger partial charge in [-0.2, -0.15) is 0 Å². The Bertz CT molecular complexity index is 589. The van der Waals surface area contributed by atoms with Gasteiger partial charge in [-0.3, -0.25) is 4.90 Å². The summed E-state index contributed by atoms with van der Waals surface area (Å²) in [5, 5.41) is 0. The van der Waals surface area contributed by atoms with Crippen LogP contribution in [0, 0.1) is 5.92 Å². The Morgan fingerprint density at radius 2 is 2.00 bits per heavy atom. The Hall–Kier alpha value is -1.13. The van der Waals surface area contributed by atoms with Crippen LogP contribution in [0.25, 0.3) is 0 Å². The van der Waals surface area contributed by atoms with Crippen molar-refractivity contribution in [2.75, 3.05) is 13.1 Å². The molecule has 0 aromatic heterocycles. The van der Waals surface area contributed by atoms with E-state index in [2.05, 4.69) is 40.0 Å². The zero-order valence-electron chi connectivity index (χ0n) is 13.8. The molecule has 1 aromatic carbocycles. The van der Waals surface area contributed by atoms with Gasteiger partial charge in [0, 0.05) is 25.3 Å². The summed E-state index contributed by atoms with van der Waals surface area (Å²) >= 11 is 0. The van der Waals surface area contributed by atoms with E-state index in [1.807, 2.05) is 20.8 Å². The zero-order valence-corrected chi connectivity index (χ0v) is 14.6. The van der Waals surface area contributed by atoms with E-state index in [9.17, 15) is 4.21 Å². The first-order valence-corrected chi connectivity index (χ1v) is 9.25. The average Bonchev–Trinajstić information content (AvgIpc) is 3.00. The van der Waals surface area contributed by atoms with Crippen molar-refractivity contribution >= 4 is 11.0 Å². The first kappa shape index (κ1) is 15.8. The van der Waals surface area contributed by atoms with Gasteiger partial charge < -0.3 is 4.72 Å². The summed E-state index contributed by atoms with van der Waals surface area (Å²) < 4.78 is 15.4. The number of nitrogens with one attached hydrogen (secondary N) is 1. The van der Waals surface area contributed by atoms with Crippen LogP contribution in [-0.2, 0) is 17.5 Å². The van der Waals surface area contributed by atoms with E-state index < -0.39 is 11.0 Å². The smallest absolute Gasteiger partial charge is 0.122 e. The molecule has 0 spiro atoms. The van der Waals surface area contributed by atoms with Gasteiger partial charge in [-0.25, -0.2) is 4.21 Å². The maximum Gasteiger partial charge on any atom is 0.122 e. The standard InChI is InChI=1S/C18H26N2OS/c1-18(2,3)22(21)19-17-10-9-15-12-20(13-16(15)17)11-14-7-5-4-6-8-14/h4-8,15,19H,9-13H2,1-3H3/t15-,22-/m0/s1. The number of allylic oxidation sites excluding steroid dienone is 1. The van der Waals surface area contributed by atoms with Crippen LogP contribution >= 0.6 is 0 Å². The molecule has 1 fully saturated rings. The van der Waals surface area contributed by atoms with Crippen molar-refractivity contribution in [2.45, 2.75) is 44.9 Å². The number of hydrogen-bond donors (Lipinski definition) is 1.